The Morgan fingerprint density at radius 1 is 1.14 bits per heavy atom. The summed E-state index contributed by atoms with van der Waals surface area (Å²) in [6.07, 6.45) is 3.09. The Hall–Kier alpha value is -3.61. The van der Waals surface area contributed by atoms with Gasteiger partial charge in [0.2, 0.25) is 5.88 Å². The summed E-state index contributed by atoms with van der Waals surface area (Å²) in [5.74, 6) is 0.988. The normalized spacial score (nSPS) is 14.1. The smallest absolute Gasteiger partial charge is 0.346 e. The van der Waals surface area contributed by atoms with Gasteiger partial charge >= 0.3 is 5.16 Å². The van der Waals surface area contributed by atoms with Crippen LogP contribution in [-0.4, -0.2) is 78.2 Å². The number of nitrogens with one attached hydrogen (secondary N) is 3. The molecule has 36 heavy (non-hydrogen) atoms. The number of rotatable bonds is 10. The summed E-state index contributed by atoms with van der Waals surface area (Å²) in [7, 11) is 1.47. The number of benzene rings is 1. The molecule has 12 heteroatoms. The van der Waals surface area contributed by atoms with E-state index in [9.17, 15) is 9.35 Å². The van der Waals surface area contributed by atoms with Gasteiger partial charge in [0.25, 0.3) is 5.91 Å². The number of nitrogens with zero attached hydrogens (tertiary/aromatic N) is 4. The van der Waals surface area contributed by atoms with E-state index < -0.39 is 11.2 Å². The number of aromatic nitrogens is 3. The molecular weight excluding hydrogens is 482 g/mol. The molecule has 3 N–H and O–H groups in total. The van der Waals surface area contributed by atoms with Crippen molar-refractivity contribution in [1.29, 1.82) is 0 Å². The lowest BCUT2D eigenvalue weighted by atomic mass is 10.2. The van der Waals surface area contributed by atoms with Crippen molar-refractivity contribution in [2.45, 2.75) is 5.16 Å². The highest BCUT2D eigenvalue weighted by atomic mass is 32.2. The van der Waals surface area contributed by atoms with E-state index in [1.54, 1.807) is 24.4 Å². The molecule has 3 heterocycles. The van der Waals surface area contributed by atoms with Gasteiger partial charge in [-0.1, -0.05) is 0 Å². The number of hydrogen-bond donors (Lipinski definition) is 3. The van der Waals surface area contributed by atoms with Crippen molar-refractivity contribution in [3.8, 4) is 5.88 Å². The van der Waals surface area contributed by atoms with E-state index in [1.807, 2.05) is 24.3 Å². The third kappa shape index (κ3) is 6.74. The maximum absolute atomic E-state index is 12.4. The third-order valence-corrected chi connectivity index (χ3v) is 6.10. The number of morpholine rings is 1. The van der Waals surface area contributed by atoms with E-state index in [4.69, 9.17) is 9.47 Å². The molecule has 0 saturated carbocycles. The number of carbonyl (C=O) groups excluding carboxylic acids is 1. The summed E-state index contributed by atoms with van der Waals surface area (Å²) in [4.78, 5) is 27.4. The molecule has 190 valence electrons. The second-order valence-corrected chi connectivity index (χ2v) is 9.16. The van der Waals surface area contributed by atoms with Crippen LogP contribution in [0.3, 0.4) is 0 Å². The molecule has 1 aliphatic heterocycles. The van der Waals surface area contributed by atoms with Gasteiger partial charge < -0.3 is 34.9 Å². The van der Waals surface area contributed by atoms with Crippen LogP contribution >= 0.6 is 0 Å². The molecule has 1 fully saturated rings. The minimum Gasteiger partial charge on any atom is -0.609 e. The molecule has 3 aromatic rings. The molecule has 0 bridgehead atoms. The van der Waals surface area contributed by atoms with E-state index in [-0.39, 0.29) is 16.9 Å². The standard InChI is InChI=1S/C24H29N7O4S/c1-34-23-19(4-3-9-27-23)22(32)26-11-10-25-20-16-21(30-24(29-20)36(2)33)28-17-5-7-18(8-6-17)31-12-14-35-15-13-31/h3-9,16H,10-15H2,1-2H3,(H,26,32)(H2,25,28,29,30). The van der Waals surface area contributed by atoms with Crippen LogP contribution in [-0.2, 0) is 15.9 Å². The summed E-state index contributed by atoms with van der Waals surface area (Å²) in [5.41, 5.74) is 2.34. The van der Waals surface area contributed by atoms with Crippen molar-refractivity contribution in [3.63, 3.8) is 0 Å². The van der Waals surface area contributed by atoms with E-state index in [0.717, 1.165) is 37.7 Å². The van der Waals surface area contributed by atoms with Gasteiger partial charge in [-0.3, -0.25) is 4.79 Å². The van der Waals surface area contributed by atoms with Gasteiger partial charge in [0, 0.05) is 61.0 Å². The van der Waals surface area contributed by atoms with Gasteiger partial charge in [0.15, 0.2) is 0 Å². The monoisotopic (exact) mass is 511 g/mol. The van der Waals surface area contributed by atoms with Gasteiger partial charge in [-0.05, 0) is 36.4 Å². The number of pyridine rings is 1. The molecule has 1 saturated heterocycles. The third-order valence-electron chi connectivity index (χ3n) is 5.40. The minimum absolute atomic E-state index is 0.205. The molecule has 1 atom stereocenters. The molecule has 1 aliphatic rings. The first-order valence-electron chi connectivity index (χ1n) is 11.5. The number of amides is 1. The molecule has 1 unspecified atom stereocenters. The van der Waals surface area contributed by atoms with E-state index in [1.165, 1.54) is 13.4 Å². The zero-order valence-electron chi connectivity index (χ0n) is 20.2. The summed E-state index contributed by atoms with van der Waals surface area (Å²) >= 11 is -1.37. The maximum atomic E-state index is 12.4. The Balaban J connectivity index is 1.36. The molecular formula is C24H29N7O4S. The molecule has 4 rings (SSSR count). The zero-order valence-corrected chi connectivity index (χ0v) is 21.0. The van der Waals surface area contributed by atoms with Crippen molar-refractivity contribution < 1.29 is 18.8 Å². The van der Waals surface area contributed by atoms with Crippen molar-refractivity contribution in [1.82, 2.24) is 20.3 Å². The highest BCUT2D eigenvalue weighted by Gasteiger charge is 2.15. The average molecular weight is 512 g/mol. The van der Waals surface area contributed by atoms with Gasteiger partial charge in [-0.15, -0.1) is 0 Å². The first kappa shape index (κ1) is 25.5. The van der Waals surface area contributed by atoms with Crippen LogP contribution in [0.15, 0.2) is 53.8 Å². The second-order valence-electron chi connectivity index (χ2n) is 7.89. The number of hydrogen-bond acceptors (Lipinski definition) is 10. The topological polar surface area (TPSA) is 137 Å². The fourth-order valence-corrected chi connectivity index (χ4v) is 4.08. The molecule has 11 nitrogen and oxygen atoms in total. The van der Waals surface area contributed by atoms with E-state index in [2.05, 4.69) is 35.8 Å². The van der Waals surface area contributed by atoms with Gasteiger partial charge in [0.1, 0.15) is 23.5 Å². The molecule has 0 radical (unpaired) electrons. The molecule has 1 amide bonds. The SMILES string of the molecule is COc1ncccc1C(=O)NCCNc1cc(Nc2ccc(N3CCOCC3)cc2)nc([S+](C)[O-])n1. The van der Waals surface area contributed by atoms with Crippen LogP contribution in [0.2, 0.25) is 0 Å². The van der Waals surface area contributed by atoms with Crippen LogP contribution in [0.4, 0.5) is 23.0 Å². The lowest BCUT2D eigenvalue weighted by Gasteiger charge is -2.28. The molecule has 1 aromatic carbocycles. The maximum Gasteiger partial charge on any atom is 0.346 e. The summed E-state index contributed by atoms with van der Waals surface area (Å²) < 4.78 is 22.6. The lowest BCUT2D eigenvalue weighted by molar-refractivity contribution is 0.0951. The number of anilines is 4. The Morgan fingerprint density at radius 2 is 1.89 bits per heavy atom. The fourth-order valence-electron chi connectivity index (χ4n) is 3.62. The molecule has 0 aliphatic carbocycles. The summed E-state index contributed by atoms with van der Waals surface area (Å²) in [6.45, 7) is 3.93. The number of ether oxygens (including phenoxy) is 2. The first-order valence-corrected chi connectivity index (χ1v) is 13.0. The second kappa shape index (κ2) is 12.4. The van der Waals surface area contributed by atoms with Crippen molar-refractivity contribution >= 4 is 40.1 Å². The Bertz CT molecular complexity index is 1160. The average Bonchev–Trinajstić information content (AvgIpc) is 2.91. The van der Waals surface area contributed by atoms with Crippen LogP contribution in [0.5, 0.6) is 5.88 Å². The van der Waals surface area contributed by atoms with Crippen LogP contribution in [0.25, 0.3) is 0 Å². The minimum atomic E-state index is -1.37. The van der Waals surface area contributed by atoms with Gasteiger partial charge in [-0.2, -0.15) is 9.97 Å². The van der Waals surface area contributed by atoms with Crippen LogP contribution in [0.1, 0.15) is 10.4 Å². The summed E-state index contributed by atoms with van der Waals surface area (Å²) in [6, 6.07) is 13.1. The highest BCUT2D eigenvalue weighted by molar-refractivity contribution is 7.90. The van der Waals surface area contributed by atoms with Crippen LogP contribution in [0, 0.1) is 0 Å². The van der Waals surface area contributed by atoms with Gasteiger partial charge in [0.05, 0.1) is 20.3 Å². The Kier molecular flexibility index (Phi) is 8.76. The molecule has 0 spiro atoms. The predicted octanol–water partition coefficient (Wildman–Crippen LogP) is 2.04. The van der Waals surface area contributed by atoms with Crippen molar-refractivity contribution in [2.24, 2.45) is 0 Å². The van der Waals surface area contributed by atoms with Crippen LogP contribution < -0.4 is 25.6 Å². The van der Waals surface area contributed by atoms with Gasteiger partial charge in [-0.25, -0.2) is 4.98 Å². The first-order chi connectivity index (χ1) is 17.5. The van der Waals surface area contributed by atoms with E-state index in [0.29, 0.717) is 30.3 Å². The molecule has 2 aromatic heterocycles. The lowest BCUT2D eigenvalue weighted by Crippen LogP contribution is -2.36. The largest absolute Gasteiger partial charge is 0.609 e. The predicted molar refractivity (Wildman–Crippen MR) is 139 cm³/mol. The highest BCUT2D eigenvalue weighted by Crippen LogP contribution is 2.23. The Morgan fingerprint density at radius 3 is 2.61 bits per heavy atom. The van der Waals surface area contributed by atoms with Crippen molar-refractivity contribution in [2.75, 3.05) is 68.3 Å². The number of methoxy groups -OCH3 is 1. The quantitative estimate of drug-likeness (QED) is 0.211. The van der Waals surface area contributed by atoms with Crippen molar-refractivity contribution in [3.05, 3.63) is 54.2 Å². The number of carbonyl (C=O) groups is 1. The Labute approximate surface area is 212 Å². The van der Waals surface area contributed by atoms with E-state index >= 15 is 0 Å². The zero-order chi connectivity index (χ0) is 25.3. The summed E-state index contributed by atoms with van der Waals surface area (Å²) in [5, 5.41) is 9.42. The fraction of sp³-hybridized carbons (Fsp3) is 0.333.